The molecule has 1 saturated heterocycles. The number of carboxylic acid groups (broad SMARTS) is 1. The maximum Gasteiger partial charge on any atom is 0.327 e. The number of nitrogens with one attached hydrogen (secondary N) is 1. The number of rotatable bonds is 2. The van der Waals surface area contributed by atoms with Crippen LogP contribution < -0.4 is 5.32 Å². The number of aliphatic carboxylic acids is 1. The second-order valence-electron chi connectivity index (χ2n) is 4.06. The quantitative estimate of drug-likeness (QED) is 0.729. The van der Waals surface area contributed by atoms with Gasteiger partial charge in [-0.3, -0.25) is 4.79 Å². The molecule has 0 spiro atoms. The van der Waals surface area contributed by atoms with Crippen molar-refractivity contribution in [2.75, 3.05) is 19.6 Å². The maximum absolute atomic E-state index is 12.2. The molecule has 1 atom stereocenters. The summed E-state index contributed by atoms with van der Waals surface area (Å²) in [7, 11) is 1.77. The molecular weight excluding hydrogens is 222 g/mol. The Hall–Kier alpha value is -1.82. The Labute approximate surface area is 98.8 Å². The van der Waals surface area contributed by atoms with Gasteiger partial charge >= 0.3 is 5.97 Å². The predicted molar refractivity (Wildman–Crippen MR) is 60.7 cm³/mol. The summed E-state index contributed by atoms with van der Waals surface area (Å²) >= 11 is 0. The van der Waals surface area contributed by atoms with Crippen molar-refractivity contribution in [3.05, 3.63) is 24.0 Å². The van der Waals surface area contributed by atoms with Crippen molar-refractivity contribution < 1.29 is 14.7 Å². The van der Waals surface area contributed by atoms with Gasteiger partial charge in [0.05, 0.1) is 0 Å². The average molecular weight is 237 g/mol. The van der Waals surface area contributed by atoms with E-state index < -0.39 is 12.0 Å². The molecule has 1 aromatic rings. The highest BCUT2D eigenvalue weighted by atomic mass is 16.4. The lowest BCUT2D eigenvalue weighted by molar-refractivity contribution is -0.142. The number of carbonyl (C=O) groups is 2. The van der Waals surface area contributed by atoms with Crippen molar-refractivity contribution in [2.45, 2.75) is 6.04 Å². The van der Waals surface area contributed by atoms with E-state index in [1.165, 1.54) is 4.90 Å². The maximum atomic E-state index is 12.2. The molecule has 0 aliphatic carbocycles. The molecule has 2 N–H and O–H groups in total. The molecule has 0 bridgehead atoms. The first-order valence-corrected chi connectivity index (χ1v) is 5.47. The zero-order valence-corrected chi connectivity index (χ0v) is 9.59. The molecule has 1 unspecified atom stereocenters. The van der Waals surface area contributed by atoms with Crippen molar-refractivity contribution in [1.82, 2.24) is 14.8 Å². The molecule has 1 aliphatic heterocycles. The van der Waals surface area contributed by atoms with Crippen LogP contribution in [0, 0.1) is 0 Å². The van der Waals surface area contributed by atoms with Crippen LogP contribution >= 0.6 is 0 Å². The number of carboxylic acids is 1. The number of hydrogen-bond donors (Lipinski definition) is 2. The van der Waals surface area contributed by atoms with E-state index in [1.54, 1.807) is 29.9 Å². The Morgan fingerprint density at radius 1 is 1.53 bits per heavy atom. The van der Waals surface area contributed by atoms with Gasteiger partial charge in [-0.05, 0) is 12.1 Å². The first-order valence-electron chi connectivity index (χ1n) is 5.47. The van der Waals surface area contributed by atoms with E-state index in [-0.39, 0.29) is 5.91 Å². The molecule has 0 aromatic carbocycles. The molecule has 6 nitrogen and oxygen atoms in total. The fraction of sp³-hybridized carbons (Fsp3) is 0.455. The molecule has 6 heteroatoms. The van der Waals surface area contributed by atoms with Crippen molar-refractivity contribution in [3.63, 3.8) is 0 Å². The molecular formula is C11H15N3O3. The van der Waals surface area contributed by atoms with Crippen molar-refractivity contribution in [1.29, 1.82) is 0 Å². The predicted octanol–water partition coefficient (Wildman–Crippen LogP) is -0.476. The van der Waals surface area contributed by atoms with Crippen molar-refractivity contribution >= 4 is 11.9 Å². The molecule has 2 heterocycles. The molecule has 0 saturated carbocycles. The molecule has 1 aliphatic rings. The van der Waals surface area contributed by atoms with Gasteiger partial charge < -0.3 is 19.9 Å². The highest BCUT2D eigenvalue weighted by Crippen LogP contribution is 2.11. The molecule has 1 aromatic heterocycles. The fourth-order valence-electron chi connectivity index (χ4n) is 2.00. The lowest BCUT2D eigenvalue weighted by Crippen LogP contribution is -2.57. The van der Waals surface area contributed by atoms with E-state index in [0.717, 1.165) is 0 Å². The monoisotopic (exact) mass is 237 g/mol. The highest BCUT2D eigenvalue weighted by molar-refractivity contribution is 5.95. The number of hydrogen-bond acceptors (Lipinski definition) is 3. The highest BCUT2D eigenvalue weighted by Gasteiger charge is 2.33. The summed E-state index contributed by atoms with van der Waals surface area (Å²) in [5, 5.41) is 12.1. The van der Waals surface area contributed by atoms with E-state index in [4.69, 9.17) is 5.11 Å². The summed E-state index contributed by atoms with van der Waals surface area (Å²) in [5.41, 5.74) is 0.512. The minimum atomic E-state index is -0.972. The van der Waals surface area contributed by atoms with Crippen LogP contribution in [0.1, 0.15) is 10.5 Å². The third-order valence-electron chi connectivity index (χ3n) is 2.95. The number of carbonyl (C=O) groups excluding carboxylic acids is 1. The van der Waals surface area contributed by atoms with Crippen LogP contribution in [0.4, 0.5) is 0 Å². The Morgan fingerprint density at radius 3 is 2.88 bits per heavy atom. The zero-order chi connectivity index (χ0) is 12.4. The van der Waals surface area contributed by atoms with Gasteiger partial charge in [0, 0.05) is 32.9 Å². The van der Waals surface area contributed by atoms with Crippen LogP contribution in [-0.2, 0) is 11.8 Å². The van der Waals surface area contributed by atoms with Crippen LogP contribution in [-0.4, -0.2) is 52.1 Å². The molecule has 92 valence electrons. The summed E-state index contributed by atoms with van der Waals surface area (Å²) in [6.07, 6.45) is 1.77. The van der Waals surface area contributed by atoms with Gasteiger partial charge in [-0.25, -0.2) is 4.79 Å². The summed E-state index contributed by atoms with van der Waals surface area (Å²) in [5.74, 6) is -1.20. The van der Waals surface area contributed by atoms with Gasteiger partial charge in [-0.15, -0.1) is 0 Å². The van der Waals surface area contributed by atoms with Crippen LogP contribution in [0.5, 0.6) is 0 Å². The van der Waals surface area contributed by atoms with E-state index in [2.05, 4.69) is 5.32 Å². The normalized spacial score (nSPS) is 20.3. The van der Waals surface area contributed by atoms with Gasteiger partial charge in [0.2, 0.25) is 0 Å². The smallest absolute Gasteiger partial charge is 0.327 e. The average Bonchev–Trinajstić information content (AvgIpc) is 2.74. The van der Waals surface area contributed by atoms with Crippen LogP contribution in [0.25, 0.3) is 0 Å². The minimum Gasteiger partial charge on any atom is -0.480 e. The second kappa shape index (κ2) is 4.58. The van der Waals surface area contributed by atoms with E-state index in [9.17, 15) is 9.59 Å². The van der Waals surface area contributed by atoms with Gasteiger partial charge in [0.25, 0.3) is 5.91 Å². The molecule has 2 rings (SSSR count). The Morgan fingerprint density at radius 2 is 2.29 bits per heavy atom. The van der Waals surface area contributed by atoms with E-state index >= 15 is 0 Å². The number of amides is 1. The van der Waals surface area contributed by atoms with Gasteiger partial charge in [-0.1, -0.05) is 0 Å². The van der Waals surface area contributed by atoms with E-state index in [0.29, 0.717) is 25.3 Å². The summed E-state index contributed by atoms with van der Waals surface area (Å²) in [6.45, 7) is 1.34. The van der Waals surface area contributed by atoms with Crippen molar-refractivity contribution in [2.24, 2.45) is 7.05 Å². The molecule has 1 fully saturated rings. The molecule has 17 heavy (non-hydrogen) atoms. The lowest BCUT2D eigenvalue weighted by atomic mass is 10.1. The standard InChI is InChI=1S/C11H15N3O3/c1-13-5-2-3-8(13)10(15)14-6-4-12-7-9(14)11(16)17/h2-3,5,9,12H,4,6-7H2,1H3,(H,16,17). The first kappa shape index (κ1) is 11.7. The number of aromatic nitrogens is 1. The number of aryl methyl sites for hydroxylation is 1. The zero-order valence-electron chi connectivity index (χ0n) is 9.59. The largest absolute Gasteiger partial charge is 0.480 e. The topological polar surface area (TPSA) is 74.6 Å². The fourth-order valence-corrected chi connectivity index (χ4v) is 2.00. The minimum absolute atomic E-state index is 0.230. The third-order valence-corrected chi connectivity index (χ3v) is 2.95. The Bertz CT molecular complexity index is 441. The summed E-state index contributed by atoms with van der Waals surface area (Å²) in [6, 6.07) is 2.68. The lowest BCUT2D eigenvalue weighted by Gasteiger charge is -2.33. The molecule has 1 amide bonds. The summed E-state index contributed by atoms with van der Waals surface area (Å²) < 4.78 is 1.70. The Balaban J connectivity index is 2.23. The SMILES string of the molecule is Cn1cccc1C(=O)N1CCNCC1C(=O)O. The third kappa shape index (κ3) is 2.16. The number of nitrogens with zero attached hydrogens (tertiary/aromatic N) is 2. The Kier molecular flexibility index (Phi) is 3.14. The van der Waals surface area contributed by atoms with E-state index in [1.807, 2.05) is 0 Å². The van der Waals surface area contributed by atoms with Crippen LogP contribution in [0.15, 0.2) is 18.3 Å². The second-order valence-corrected chi connectivity index (χ2v) is 4.06. The van der Waals surface area contributed by atoms with Crippen LogP contribution in [0.3, 0.4) is 0 Å². The van der Waals surface area contributed by atoms with Gasteiger partial charge in [-0.2, -0.15) is 0 Å². The van der Waals surface area contributed by atoms with Crippen molar-refractivity contribution in [3.8, 4) is 0 Å². The van der Waals surface area contributed by atoms with Gasteiger partial charge in [0.1, 0.15) is 11.7 Å². The summed E-state index contributed by atoms with van der Waals surface area (Å²) in [4.78, 5) is 24.7. The van der Waals surface area contributed by atoms with Crippen LogP contribution in [0.2, 0.25) is 0 Å². The number of piperazine rings is 1. The molecule has 0 radical (unpaired) electrons. The van der Waals surface area contributed by atoms with Gasteiger partial charge in [0.15, 0.2) is 0 Å². The first-order chi connectivity index (χ1) is 8.11.